The molecule has 2 aromatic rings. The van der Waals surface area contributed by atoms with Crippen LogP contribution in [0.25, 0.3) is 0 Å². The molecule has 6 nitrogen and oxygen atoms in total. The van der Waals surface area contributed by atoms with Gasteiger partial charge in [0.1, 0.15) is 34.3 Å². The van der Waals surface area contributed by atoms with Crippen molar-refractivity contribution in [3.63, 3.8) is 0 Å². The van der Waals surface area contributed by atoms with E-state index in [9.17, 15) is 4.79 Å². The van der Waals surface area contributed by atoms with Crippen LogP contribution in [0.4, 0.5) is 0 Å². The van der Waals surface area contributed by atoms with Crippen LogP contribution in [0.2, 0.25) is 0 Å². The molecular weight excluding hydrogens is 398 g/mol. The van der Waals surface area contributed by atoms with Gasteiger partial charge in [-0.1, -0.05) is 13.8 Å². The molecule has 1 unspecified atom stereocenters. The fourth-order valence-corrected chi connectivity index (χ4v) is 3.71. The Bertz CT molecular complexity index is 802. The summed E-state index contributed by atoms with van der Waals surface area (Å²) in [4.78, 5) is 13.2. The molecular formula is C22H29LiO6P. The number of carbonyl (C=O) groups is 1. The molecule has 0 aromatic heterocycles. The summed E-state index contributed by atoms with van der Waals surface area (Å²) in [5, 5.41) is 0.812. The van der Waals surface area contributed by atoms with Gasteiger partial charge in [0, 0.05) is 42.4 Å². The molecule has 1 radical (unpaired) electrons. The SMILES string of the molecule is CCCOc1ccc(PC(=O)c2c(OC)cc(OC)cc2OC)c(OCCC)c1.[Li]. The fourth-order valence-electron chi connectivity index (χ4n) is 2.66. The predicted octanol–water partition coefficient (Wildman–Crippen LogP) is 4.05. The van der Waals surface area contributed by atoms with Crippen molar-refractivity contribution in [2.75, 3.05) is 34.5 Å². The largest absolute Gasteiger partial charge is 0.496 e. The fraction of sp³-hybridized carbons (Fsp3) is 0.409. The van der Waals surface area contributed by atoms with Crippen molar-refractivity contribution < 1.29 is 28.5 Å². The van der Waals surface area contributed by atoms with Gasteiger partial charge in [-0.05, 0) is 33.6 Å². The van der Waals surface area contributed by atoms with Crippen molar-refractivity contribution in [3.05, 3.63) is 35.9 Å². The van der Waals surface area contributed by atoms with Gasteiger partial charge in [0.15, 0.2) is 5.52 Å². The summed E-state index contributed by atoms with van der Waals surface area (Å²) >= 11 is 0. The summed E-state index contributed by atoms with van der Waals surface area (Å²) in [6.07, 6.45) is 1.79. The Morgan fingerprint density at radius 1 is 0.800 bits per heavy atom. The van der Waals surface area contributed by atoms with Crippen LogP contribution >= 0.6 is 8.58 Å². The number of hydrogen-bond donors (Lipinski definition) is 0. The average molecular weight is 427 g/mol. The van der Waals surface area contributed by atoms with E-state index in [0.717, 1.165) is 23.9 Å². The zero-order valence-electron chi connectivity index (χ0n) is 18.7. The molecule has 0 saturated carbocycles. The standard InChI is InChI=1S/C22H29O6P.Li/c1-6-10-27-15-8-9-20(17(12-15)28-11-7-2)29-22(23)21-18(25-4)13-16(24-3)14-19(21)26-5;/h8-9,12-14,29H,6-7,10-11H2,1-5H3;. The number of carbonyl (C=O) groups excluding carboxylic acids is 1. The number of rotatable bonds is 12. The maximum Gasteiger partial charge on any atom is 0.193 e. The van der Waals surface area contributed by atoms with Gasteiger partial charge in [-0.2, -0.15) is 0 Å². The molecule has 0 fully saturated rings. The first-order valence-corrected chi connectivity index (χ1v) is 10.6. The second-order valence-electron chi connectivity index (χ2n) is 6.22. The summed E-state index contributed by atoms with van der Waals surface area (Å²) in [6, 6.07) is 8.96. The van der Waals surface area contributed by atoms with Crippen molar-refractivity contribution in [3.8, 4) is 28.7 Å². The van der Waals surface area contributed by atoms with Crippen LogP contribution in [0.3, 0.4) is 0 Å². The van der Waals surface area contributed by atoms with E-state index in [1.54, 1.807) is 19.2 Å². The Hall–Kier alpha value is -1.86. The number of methoxy groups -OCH3 is 3. The molecule has 0 spiro atoms. The van der Waals surface area contributed by atoms with Crippen LogP contribution in [0, 0.1) is 0 Å². The third-order valence-corrected chi connectivity index (χ3v) is 5.24. The van der Waals surface area contributed by atoms with E-state index in [-0.39, 0.29) is 33.0 Å². The molecule has 2 aromatic carbocycles. The zero-order chi connectivity index (χ0) is 21.2. The second kappa shape index (κ2) is 13.4. The molecule has 0 aliphatic heterocycles. The summed E-state index contributed by atoms with van der Waals surface area (Å²) < 4.78 is 27.7. The monoisotopic (exact) mass is 427 g/mol. The Labute approximate surface area is 192 Å². The van der Waals surface area contributed by atoms with Crippen LogP contribution in [-0.4, -0.2) is 58.9 Å². The van der Waals surface area contributed by atoms with E-state index in [1.165, 1.54) is 14.2 Å². The molecule has 0 aliphatic rings. The van der Waals surface area contributed by atoms with Gasteiger partial charge in [-0.25, -0.2) is 0 Å². The van der Waals surface area contributed by atoms with E-state index in [4.69, 9.17) is 23.7 Å². The Morgan fingerprint density at radius 2 is 1.37 bits per heavy atom. The van der Waals surface area contributed by atoms with Gasteiger partial charge in [-0.15, -0.1) is 0 Å². The van der Waals surface area contributed by atoms with Crippen molar-refractivity contribution >= 4 is 38.3 Å². The van der Waals surface area contributed by atoms with Gasteiger partial charge in [0.05, 0.1) is 34.5 Å². The molecule has 0 saturated heterocycles. The van der Waals surface area contributed by atoms with E-state index in [1.807, 2.05) is 25.1 Å². The maximum atomic E-state index is 13.2. The number of hydrogen-bond acceptors (Lipinski definition) is 6. The number of ether oxygens (including phenoxy) is 5. The predicted molar refractivity (Wildman–Crippen MR) is 122 cm³/mol. The minimum Gasteiger partial charge on any atom is -0.496 e. The molecule has 0 bridgehead atoms. The third kappa shape index (κ3) is 6.84. The van der Waals surface area contributed by atoms with Crippen molar-refractivity contribution in [1.82, 2.24) is 0 Å². The van der Waals surface area contributed by atoms with Gasteiger partial charge in [0.25, 0.3) is 0 Å². The van der Waals surface area contributed by atoms with Gasteiger partial charge in [0.2, 0.25) is 0 Å². The normalized spacial score (nSPS) is 10.4. The van der Waals surface area contributed by atoms with Crippen LogP contribution < -0.4 is 29.0 Å². The summed E-state index contributed by atoms with van der Waals surface area (Å²) in [5.41, 5.74) is 0.284. The molecule has 0 heterocycles. The van der Waals surface area contributed by atoms with Crippen molar-refractivity contribution in [2.24, 2.45) is 0 Å². The van der Waals surface area contributed by atoms with Crippen LogP contribution in [0.15, 0.2) is 30.3 Å². The van der Waals surface area contributed by atoms with Crippen molar-refractivity contribution in [2.45, 2.75) is 26.7 Å². The molecule has 8 heteroatoms. The van der Waals surface area contributed by atoms with E-state index >= 15 is 0 Å². The average Bonchev–Trinajstić information content (AvgIpc) is 2.75. The Kier molecular flexibility index (Phi) is 11.7. The molecule has 0 aliphatic carbocycles. The Balaban J connectivity index is 0.00000450. The molecule has 30 heavy (non-hydrogen) atoms. The van der Waals surface area contributed by atoms with E-state index in [0.29, 0.717) is 41.8 Å². The third-order valence-electron chi connectivity index (χ3n) is 4.08. The quantitative estimate of drug-likeness (QED) is 0.376. The summed E-state index contributed by atoms with van der Waals surface area (Å²) in [7, 11) is 4.43. The first-order valence-electron chi connectivity index (χ1n) is 9.58. The topological polar surface area (TPSA) is 63.2 Å². The molecule has 1 atom stereocenters. The molecule has 2 rings (SSSR count). The number of benzene rings is 2. The molecule has 0 amide bonds. The van der Waals surface area contributed by atoms with Crippen LogP contribution in [0.5, 0.6) is 28.7 Å². The summed E-state index contributed by atoms with van der Waals surface area (Å²) in [6.45, 7) is 5.29. The van der Waals surface area contributed by atoms with Crippen molar-refractivity contribution in [1.29, 1.82) is 0 Å². The smallest absolute Gasteiger partial charge is 0.193 e. The van der Waals surface area contributed by atoms with Gasteiger partial charge < -0.3 is 23.7 Å². The minimum atomic E-state index is -0.160. The molecule has 159 valence electrons. The second-order valence-corrected chi connectivity index (χ2v) is 7.46. The van der Waals surface area contributed by atoms with Gasteiger partial charge >= 0.3 is 0 Å². The van der Waals surface area contributed by atoms with E-state index < -0.39 is 0 Å². The summed E-state index contributed by atoms with van der Waals surface area (Å²) in [5.74, 6) is 2.79. The van der Waals surface area contributed by atoms with Crippen LogP contribution in [0.1, 0.15) is 37.0 Å². The van der Waals surface area contributed by atoms with Gasteiger partial charge in [-0.3, -0.25) is 4.79 Å². The maximum absolute atomic E-state index is 13.2. The molecule has 0 N–H and O–H groups in total. The first-order chi connectivity index (χ1) is 14.1. The Morgan fingerprint density at radius 3 is 1.90 bits per heavy atom. The van der Waals surface area contributed by atoms with E-state index in [2.05, 4.69) is 6.92 Å². The first kappa shape index (κ1) is 26.2. The minimum absolute atomic E-state index is 0. The zero-order valence-corrected chi connectivity index (χ0v) is 19.7. The van der Waals surface area contributed by atoms with Crippen LogP contribution in [-0.2, 0) is 0 Å².